The number of pyridine rings is 1. The first-order valence-corrected chi connectivity index (χ1v) is 7.69. The second kappa shape index (κ2) is 5.63. The SMILES string of the molecule is Cc1cc(C(=O)Nc2ccnc(C)c2)cc(S(N)(=O)=O)c1. The number of aromatic nitrogens is 1. The molecule has 0 saturated heterocycles. The number of primary sulfonamides is 1. The third-order valence-electron chi connectivity index (χ3n) is 2.80. The minimum Gasteiger partial charge on any atom is -0.322 e. The Morgan fingerprint density at radius 3 is 2.52 bits per heavy atom. The minimum absolute atomic E-state index is 0.0847. The van der Waals surface area contributed by atoms with E-state index < -0.39 is 15.9 Å². The first kappa shape index (κ1) is 15.1. The number of rotatable bonds is 3. The number of anilines is 1. The zero-order valence-electron chi connectivity index (χ0n) is 11.6. The molecule has 1 aromatic heterocycles. The van der Waals surface area contributed by atoms with Gasteiger partial charge < -0.3 is 5.32 Å². The number of nitrogens with two attached hydrogens (primary N) is 1. The van der Waals surface area contributed by atoms with E-state index in [1.807, 2.05) is 0 Å². The first-order valence-electron chi connectivity index (χ1n) is 6.14. The number of hydrogen-bond donors (Lipinski definition) is 2. The Balaban J connectivity index is 2.33. The summed E-state index contributed by atoms with van der Waals surface area (Å²) >= 11 is 0. The molecule has 0 fully saturated rings. The third-order valence-corrected chi connectivity index (χ3v) is 3.69. The average molecular weight is 305 g/mol. The highest BCUT2D eigenvalue weighted by Crippen LogP contribution is 2.16. The molecule has 0 unspecified atom stereocenters. The number of amides is 1. The molecule has 0 saturated carbocycles. The molecule has 7 heteroatoms. The van der Waals surface area contributed by atoms with Gasteiger partial charge in [-0.05, 0) is 49.7 Å². The van der Waals surface area contributed by atoms with Gasteiger partial charge in [0, 0.05) is 23.1 Å². The van der Waals surface area contributed by atoms with Gasteiger partial charge in [0.25, 0.3) is 5.91 Å². The summed E-state index contributed by atoms with van der Waals surface area (Å²) in [5, 5.41) is 7.79. The lowest BCUT2D eigenvalue weighted by Crippen LogP contribution is -2.16. The summed E-state index contributed by atoms with van der Waals surface area (Å²) in [4.78, 5) is 16.1. The molecular formula is C14H15N3O3S. The fourth-order valence-corrected chi connectivity index (χ4v) is 2.51. The van der Waals surface area contributed by atoms with E-state index in [2.05, 4.69) is 10.3 Å². The molecule has 0 radical (unpaired) electrons. The van der Waals surface area contributed by atoms with Crippen LogP contribution in [0, 0.1) is 13.8 Å². The van der Waals surface area contributed by atoms with Crippen LogP contribution < -0.4 is 10.5 Å². The molecule has 1 aromatic carbocycles. The number of aryl methyl sites for hydroxylation is 2. The number of nitrogens with one attached hydrogen (secondary N) is 1. The summed E-state index contributed by atoms with van der Waals surface area (Å²) in [5.41, 5.74) is 2.22. The van der Waals surface area contributed by atoms with Crippen molar-refractivity contribution in [1.29, 1.82) is 0 Å². The summed E-state index contributed by atoms with van der Waals surface area (Å²) in [6.45, 7) is 3.50. The van der Waals surface area contributed by atoms with Crippen molar-refractivity contribution in [2.45, 2.75) is 18.7 Å². The van der Waals surface area contributed by atoms with Crippen LogP contribution in [0.15, 0.2) is 41.4 Å². The zero-order valence-corrected chi connectivity index (χ0v) is 12.4. The van der Waals surface area contributed by atoms with Crippen molar-refractivity contribution in [3.05, 3.63) is 53.3 Å². The van der Waals surface area contributed by atoms with E-state index in [9.17, 15) is 13.2 Å². The van der Waals surface area contributed by atoms with Crippen LogP contribution in [0.2, 0.25) is 0 Å². The van der Waals surface area contributed by atoms with Gasteiger partial charge in [0.15, 0.2) is 0 Å². The van der Waals surface area contributed by atoms with Crippen molar-refractivity contribution in [2.75, 3.05) is 5.32 Å². The highest BCUT2D eigenvalue weighted by Gasteiger charge is 2.14. The maximum atomic E-state index is 12.2. The quantitative estimate of drug-likeness (QED) is 0.899. The van der Waals surface area contributed by atoms with Gasteiger partial charge in [0.05, 0.1) is 4.90 Å². The van der Waals surface area contributed by atoms with Crippen LogP contribution in [0.3, 0.4) is 0 Å². The third kappa shape index (κ3) is 3.87. The van der Waals surface area contributed by atoms with E-state index in [-0.39, 0.29) is 10.5 Å². The summed E-state index contributed by atoms with van der Waals surface area (Å²) in [6, 6.07) is 7.64. The number of carbonyl (C=O) groups is 1. The van der Waals surface area contributed by atoms with E-state index in [0.29, 0.717) is 11.3 Å². The normalized spacial score (nSPS) is 11.2. The maximum absolute atomic E-state index is 12.2. The topological polar surface area (TPSA) is 102 Å². The number of carbonyl (C=O) groups excluding carboxylic acids is 1. The predicted octanol–water partition coefficient (Wildman–Crippen LogP) is 1.60. The van der Waals surface area contributed by atoms with Crippen LogP contribution in [0.1, 0.15) is 21.6 Å². The van der Waals surface area contributed by atoms with Gasteiger partial charge in [-0.25, -0.2) is 13.6 Å². The van der Waals surface area contributed by atoms with Gasteiger partial charge in [0.2, 0.25) is 10.0 Å². The molecule has 0 bridgehead atoms. The lowest BCUT2D eigenvalue weighted by molar-refractivity contribution is 0.102. The molecule has 0 spiro atoms. The molecular weight excluding hydrogens is 290 g/mol. The molecule has 21 heavy (non-hydrogen) atoms. The van der Waals surface area contributed by atoms with Crippen molar-refractivity contribution in [3.63, 3.8) is 0 Å². The van der Waals surface area contributed by atoms with Crippen LogP contribution in [0.25, 0.3) is 0 Å². The van der Waals surface area contributed by atoms with E-state index in [1.165, 1.54) is 12.1 Å². The smallest absolute Gasteiger partial charge is 0.255 e. The van der Waals surface area contributed by atoms with Crippen LogP contribution >= 0.6 is 0 Å². The molecule has 0 aliphatic heterocycles. The predicted molar refractivity (Wildman–Crippen MR) is 79.5 cm³/mol. The number of hydrogen-bond acceptors (Lipinski definition) is 4. The Morgan fingerprint density at radius 2 is 1.90 bits per heavy atom. The standard InChI is InChI=1S/C14H15N3O3S/c1-9-5-11(8-13(6-9)21(15,19)20)14(18)17-12-3-4-16-10(2)7-12/h3-8H,1-2H3,(H2,15,19,20)(H,16,17,18). The van der Waals surface area contributed by atoms with Crippen molar-refractivity contribution in [1.82, 2.24) is 4.98 Å². The van der Waals surface area contributed by atoms with Gasteiger partial charge >= 0.3 is 0 Å². The van der Waals surface area contributed by atoms with Crippen molar-refractivity contribution < 1.29 is 13.2 Å². The molecule has 0 aliphatic carbocycles. The number of benzene rings is 1. The summed E-state index contributed by atoms with van der Waals surface area (Å²) in [5.74, 6) is -0.408. The van der Waals surface area contributed by atoms with Crippen molar-refractivity contribution >= 4 is 21.6 Å². The van der Waals surface area contributed by atoms with Crippen molar-refractivity contribution in [2.24, 2.45) is 5.14 Å². The highest BCUT2D eigenvalue weighted by atomic mass is 32.2. The summed E-state index contributed by atoms with van der Waals surface area (Å²) < 4.78 is 22.8. The molecule has 0 aliphatic rings. The van der Waals surface area contributed by atoms with Crippen LogP contribution in [0.5, 0.6) is 0 Å². The van der Waals surface area contributed by atoms with E-state index >= 15 is 0 Å². The Kier molecular flexibility index (Phi) is 4.06. The maximum Gasteiger partial charge on any atom is 0.255 e. The lowest BCUT2D eigenvalue weighted by Gasteiger charge is -2.08. The lowest BCUT2D eigenvalue weighted by atomic mass is 10.1. The molecule has 1 heterocycles. The number of sulfonamides is 1. The van der Waals surface area contributed by atoms with Crippen molar-refractivity contribution in [3.8, 4) is 0 Å². The van der Waals surface area contributed by atoms with Gasteiger partial charge in [-0.1, -0.05) is 0 Å². The van der Waals surface area contributed by atoms with Gasteiger partial charge in [-0.2, -0.15) is 0 Å². The molecule has 2 rings (SSSR count). The Labute approximate surface area is 123 Å². The second-order valence-electron chi connectivity index (χ2n) is 4.72. The average Bonchev–Trinajstić information content (AvgIpc) is 2.37. The fourth-order valence-electron chi connectivity index (χ4n) is 1.87. The summed E-state index contributed by atoms with van der Waals surface area (Å²) in [6.07, 6.45) is 1.58. The Bertz CT molecular complexity index is 801. The molecule has 3 N–H and O–H groups in total. The van der Waals surface area contributed by atoms with E-state index in [4.69, 9.17) is 5.14 Å². The van der Waals surface area contributed by atoms with Crippen LogP contribution in [-0.4, -0.2) is 19.3 Å². The van der Waals surface area contributed by atoms with E-state index in [0.717, 1.165) is 5.69 Å². The zero-order chi connectivity index (χ0) is 15.6. The first-order chi connectivity index (χ1) is 9.75. The van der Waals surface area contributed by atoms with Gasteiger partial charge in [-0.15, -0.1) is 0 Å². The van der Waals surface area contributed by atoms with Crippen LogP contribution in [0.4, 0.5) is 5.69 Å². The molecule has 6 nitrogen and oxygen atoms in total. The highest BCUT2D eigenvalue weighted by molar-refractivity contribution is 7.89. The molecule has 110 valence electrons. The molecule has 0 atom stereocenters. The fraction of sp³-hybridized carbons (Fsp3) is 0.143. The molecule has 2 aromatic rings. The van der Waals surface area contributed by atoms with E-state index in [1.54, 1.807) is 38.2 Å². The Morgan fingerprint density at radius 1 is 1.19 bits per heavy atom. The molecule has 1 amide bonds. The Hall–Kier alpha value is -2.25. The summed E-state index contributed by atoms with van der Waals surface area (Å²) in [7, 11) is -3.85. The number of nitrogens with zero attached hydrogens (tertiary/aromatic N) is 1. The van der Waals surface area contributed by atoms with Gasteiger partial charge in [-0.3, -0.25) is 9.78 Å². The second-order valence-corrected chi connectivity index (χ2v) is 6.28. The monoisotopic (exact) mass is 305 g/mol. The largest absolute Gasteiger partial charge is 0.322 e. The minimum atomic E-state index is -3.85. The van der Waals surface area contributed by atoms with Crippen LogP contribution in [-0.2, 0) is 10.0 Å². The van der Waals surface area contributed by atoms with Gasteiger partial charge in [0.1, 0.15) is 0 Å².